The predicted octanol–water partition coefficient (Wildman–Crippen LogP) is 2.40. The minimum atomic E-state index is -0.501. The Morgan fingerprint density at radius 2 is 1.83 bits per heavy atom. The van der Waals surface area contributed by atoms with E-state index in [0.29, 0.717) is 48.6 Å². The van der Waals surface area contributed by atoms with E-state index in [9.17, 15) is 14.4 Å². The highest BCUT2D eigenvalue weighted by molar-refractivity contribution is 6.02. The van der Waals surface area contributed by atoms with Crippen molar-refractivity contribution in [2.75, 3.05) is 33.2 Å². The zero-order valence-corrected chi connectivity index (χ0v) is 20.0. The number of hydrogen-bond acceptors (Lipinski definition) is 5. The van der Waals surface area contributed by atoms with Crippen LogP contribution in [0.3, 0.4) is 0 Å². The average Bonchev–Trinajstić information content (AvgIpc) is 3.20. The maximum atomic E-state index is 13.0. The standard InChI is InChI=1S/C27H30N4O4/c1-18-6-11-23(25(32)28-18)31-16-22-21(27(31)34)4-3-5-24(22)35-17-19-7-9-20(10-8-19)26(33)30-14-12-29(2)13-15-30/h3-5,7-10,23H,1,6,11-17H2,2H3,(H,28,32). The molecule has 0 saturated carbocycles. The van der Waals surface area contributed by atoms with E-state index in [4.69, 9.17) is 4.74 Å². The molecule has 8 nitrogen and oxygen atoms in total. The van der Waals surface area contributed by atoms with Crippen LogP contribution in [0, 0.1) is 0 Å². The maximum Gasteiger partial charge on any atom is 0.255 e. The molecule has 3 heterocycles. The van der Waals surface area contributed by atoms with Crippen molar-refractivity contribution in [1.82, 2.24) is 20.0 Å². The smallest absolute Gasteiger partial charge is 0.255 e. The van der Waals surface area contributed by atoms with Crippen molar-refractivity contribution in [1.29, 1.82) is 0 Å². The lowest BCUT2D eigenvalue weighted by Gasteiger charge is -2.32. The molecule has 3 aliphatic rings. The normalized spacial score (nSPS) is 20.6. The Morgan fingerprint density at radius 1 is 1.09 bits per heavy atom. The summed E-state index contributed by atoms with van der Waals surface area (Å²) in [5.41, 5.74) is 3.68. The second-order valence-corrected chi connectivity index (χ2v) is 9.44. The van der Waals surface area contributed by atoms with Crippen LogP contribution in [-0.2, 0) is 17.9 Å². The first-order chi connectivity index (χ1) is 16.9. The zero-order valence-electron chi connectivity index (χ0n) is 20.0. The zero-order chi connectivity index (χ0) is 24.5. The van der Waals surface area contributed by atoms with Crippen LogP contribution >= 0.6 is 0 Å². The fourth-order valence-corrected chi connectivity index (χ4v) is 4.87. The molecule has 3 aliphatic heterocycles. The van der Waals surface area contributed by atoms with E-state index in [1.165, 1.54) is 0 Å². The van der Waals surface area contributed by atoms with Gasteiger partial charge in [-0.05, 0) is 49.7 Å². The van der Waals surface area contributed by atoms with Crippen molar-refractivity contribution in [3.05, 3.63) is 77.0 Å². The van der Waals surface area contributed by atoms with Gasteiger partial charge in [-0.2, -0.15) is 0 Å². The molecule has 2 aromatic carbocycles. The molecule has 8 heteroatoms. The molecule has 0 aliphatic carbocycles. The maximum absolute atomic E-state index is 13.0. The van der Waals surface area contributed by atoms with E-state index in [2.05, 4.69) is 23.8 Å². The molecule has 0 bridgehead atoms. The number of rotatable bonds is 5. The topological polar surface area (TPSA) is 82.2 Å². The minimum Gasteiger partial charge on any atom is -0.489 e. The van der Waals surface area contributed by atoms with Crippen LogP contribution in [0.15, 0.2) is 54.7 Å². The highest BCUT2D eigenvalue weighted by Gasteiger charge is 2.39. The molecule has 2 aromatic rings. The van der Waals surface area contributed by atoms with Gasteiger partial charge in [-0.25, -0.2) is 0 Å². The Kier molecular flexibility index (Phi) is 6.30. The number of piperidine rings is 1. The van der Waals surface area contributed by atoms with Gasteiger partial charge in [0.05, 0.1) is 6.54 Å². The van der Waals surface area contributed by atoms with Crippen molar-refractivity contribution in [2.45, 2.75) is 32.0 Å². The number of nitrogens with one attached hydrogen (secondary N) is 1. The Labute approximate surface area is 205 Å². The highest BCUT2D eigenvalue weighted by atomic mass is 16.5. The molecule has 0 spiro atoms. The molecule has 2 saturated heterocycles. The average molecular weight is 475 g/mol. The van der Waals surface area contributed by atoms with E-state index >= 15 is 0 Å². The van der Waals surface area contributed by atoms with E-state index in [1.807, 2.05) is 35.2 Å². The van der Waals surface area contributed by atoms with E-state index in [1.54, 1.807) is 17.0 Å². The summed E-state index contributed by atoms with van der Waals surface area (Å²) in [6.45, 7) is 7.73. The summed E-state index contributed by atoms with van der Waals surface area (Å²) in [4.78, 5) is 44.0. The Bertz CT molecular complexity index is 1170. The molecule has 182 valence electrons. The number of likely N-dealkylation sites (N-methyl/N-ethyl adjacent to an activating group) is 1. The molecule has 2 fully saturated rings. The number of amides is 3. The molecule has 35 heavy (non-hydrogen) atoms. The van der Waals surface area contributed by atoms with Gasteiger partial charge in [-0.15, -0.1) is 0 Å². The summed E-state index contributed by atoms with van der Waals surface area (Å²) in [6, 6.07) is 12.4. The van der Waals surface area contributed by atoms with Crippen LogP contribution in [0.2, 0.25) is 0 Å². The summed E-state index contributed by atoms with van der Waals surface area (Å²) < 4.78 is 6.10. The SMILES string of the molecule is C=C1CCC(N2Cc3c(OCc4ccc(C(=O)N5CCN(C)CC5)cc4)cccc3C2=O)C(=O)N1. The molecule has 1 atom stereocenters. The van der Waals surface area contributed by atoms with Crippen LogP contribution in [0.4, 0.5) is 0 Å². The third kappa shape index (κ3) is 4.66. The van der Waals surface area contributed by atoms with Gasteiger partial charge in [0, 0.05) is 48.6 Å². The Hall–Kier alpha value is -3.65. The van der Waals surface area contributed by atoms with Crippen molar-refractivity contribution in [3.63, 3.8) is 0 Å². The molecular weight excluding hydrogens is 444 g/mol. The van der Waals surface area contributed by atoms with E-state index < -0.39 is 6.04 Å². The van der Waals surface area contributed by atoms with Gasteiger partial charge < -0.3 is 24.8 Å². The first kappa shape index (κ1) is 23.1. The van der Waals surface area contributed by atoms with Crippen molar-refractivity contribution in [3.8, 4) is 5.75 Å². The summed E-state index contributed by atoms with van der Waals surface area (Å²) in [5.74, 6) is 0.359. The molecule has 1 N–H and O–H groups in total. The number of benzene rings is 2. The fourth-order valence-electron chi connectivity index (χ4n) is 4.87. The van der Waals surface area contributed by atoms with Gasteiger partial charge >= 0.3 is 0 Å². The summed E-state index contributed by atoms with van der Waals surface area (Å²) in [5, 5.41) is 2.76. The third-order valence-electron chi connectivity index (χ3n) is 7.04. The monoisotopic (exact) mass is 474 g/mol. The summed E-state index contributed by atoms with van der Waals surface area (Å²) in [6.07, 6.45) is 1.23. The van der Waals surface area contributed by atoms with Crippen LogP contribution in [-0.4, -0.2) is 71.7 Å². The number of piperazine rings is 1. The van der Waals surface area contributed by atoms with Gasteiger partial charge in [0.25, 0.3) is 11.8 Å². The first-order valence-corrected chi connectivity index (χ1v) is 12.0. The number of carbonyl (C=O) groups is 3. The second-order valence-electron chi connectivity index (χ2n) is 9.44. The van der Waals surface area contributed by atoms with Gasteiger partial charge in [0.2, 0.25) is 5.91 Å². The van der Waals surface area contributed by atoms with Gasteiger partial charge in [-0.3, -0.25) is 14.4 Å². The second kappa shape index (κ2) is 9.54. The lowest BCUT2D eigenvalue weighted by Crippen LogP contribution is -2.49. The number of nitrogens with zero attached hydrogens (tertiary/aromatic N) is 3. The highest BCUT2D eigenvalue weighted by Crippen LogP contribution is 2.34. The van der Waals surface area contributed by atoms with Crippen molar-refractivity contribution < 1.29 is 19.1 Å². The molecular formula is C27H30N4O4. The number of carbonyl (C=O) groups excluding carboxylic acids is 3. The van der Waals surface area contributed by atoms with Gasteiger partial charge in [-0.1, -0.05) is 24.8 Å². The quantitative estimate of drug-likeness (QED) is 0.720. The summed E-state index contributed by atoms with van der Waals surface area (Å²) >= 11 is 0. The Morgan fingerprint density at radius 3 is 2.54 bits per heavy atom. The Balaban J connectivity index is 1.23. The van der Waals surface area contributed by atoms with Crippen LogP contribution in [0.5, 0.6) is 5.75 Å². The van der Waals surface area contributed by atoms with Crippen molar-refractivity contribution >= 4 is 17.7 Å². The van der Waals surface area contributed by atoms with Gasteiger partial charge in [0.15, 0.2) is 0 Å². The molecule has 5 rings (SSSR count). The van der Waals surface area contributed by atoms with Crippen molar-refractivity contribution in [2.24, 2.45) is 0 Å². The molecule has 3 amide bonds. The number of allylic oxidation sites excluding steroid dienone is 1. The molecule has 0 radical (unpaired) electrons. The number of ether oxygens (including phenoxy) is 1. The molecule has 1 unspecified atom stereocenters. The largest absolute Gasteiger partial charge is 0.489 e. The number of fused-ring (bicyclic) bond motifs is 1. The lowest BCUT2D eigenvalue weighted by molar-refractivity contribution is -0.126. The van der Waals surface area contributed by atoms with E-state index in [0.717, 1.165) is 37.3 Å². The number of hydrogen-bond donors (Lipinski definition) is 1. The van der Waals surface area contributed by atoms with E-state index in [-0.39, 0.29) is 17.7 Å². The minimum absolute atomic E-state index is 0.0559. The predicted molar refractivity (Wildman–Crippen MR) is 131 cm³/mol. The third-order valence-corrected chi connectivity index (χ3v) is 7.04. The molecule has 0 aromatic heterocycles. The van der Waals surface area contributed by atoms with Gasteiger partial charge in [0.1, 0.15) is 18.4 Å². The lowest BCUT2D eigenvalue weighted by atomic mass is 10.0. The van der Waals surface area contributed by atoms with Crippen LogP contribution in [0.1, 0.15) is 44.7 Å². The fraction of sp³-hybridized carbons (Fsp3) is 0.370. The summed E-state index contributed by atoms with van der Waals surface area (Å²) in [7, 11) is 2.07. The van der Waals surface area contributed by atoms with Crippen LogP contribution < -0.4 is 10.1 Å². The first-order valence-electron chi connectivity index (χ1n) is 12.0. The van der Waals surface area contributed by atoms with Crippen LogP contribution in [0.25, 0.3) is 0 Å².